The predicted octanol–water partition coefficient (Wildman–Crippen LogP) is 3.82. The van der Waals surface area contributed by atoms with Gasteiger partial charge in [-0.05, 0) is 24.3 Å². The molecule has 0 aliphatic heterocycles. The molecule has 2 rings (SSSR count). The van der Waals surface area contributed by atoms with Gasteiger partial charge in [-0.1, -0.05) is 27.5 Å². The molecular formula is C11H9BrClN3. The number of nitrogens with one attached hydrogen (secondary N) is 1. The third-order valence-electron chi connectivity index (χ3n) is 1.99. The van der Waals surface area contributed by atoms with Crippen molar-refractivity contribution in [1.29, 1.82) is 0 Å². The maximum Gasteiger partial charge on any atom is 0.125 e. The van der Waals surface area contributed by atoms with Crippen molar-refractivity contribution in [2.45, 2.75) is 0 Å². The second-order valence-electron chi connectivity index (χ2n) is 3.22. The summed E-state index contributed by atoms with van der Waals surface area (Å²) in [5.74, 6) is 0.471. The van der Waals surface area contributed by atoms with E-state index in [2.05, 4.69) is 26.2 Å². The van der Waals surface area contributed by atoms with Crippen LogP contribution in [0.4, 0.5) is 17.2 Å². The number of nitrogen functional groups attached to an aromatic ring is 1. The third kappa shape index (κ3) is 2.65. The molecule has 1 heterocycles. The molecule has 3 nitrogen and oxygen atoms in total. The van der Waals surface area contributed by atoms with E-state index in [-0.39, 0.29) is 0 Å². The number of rotatable bonds is 2. The maximum atomic E-state index is 6.08. The van der Waals surface area contributed by atoms with Gasteiger partial charge in [0.2, 0.25) is 0 Å². The Morgan fingerprint density at radius 3 is 2.75 bits per heavy atom. The topological polar surface area (TPSA) is 50.9 Å². The molecule has 0 atom stereocenters. The monoisotopic (exact) mass is 297 g/mol. The predicted molar refractivity (Wildman–Crippen MR) is 71.1 cm³/mol. The number of hydrogen-bond acceptors (Lipinski definition) is 3. The van der Waals surface area contributed by atoms with Crippen LogP contribution >= 0.6 is 27.5 Å². The van der Waals surface area contributed by atoms with Crippen LogP contribution in [-0.2, 0) is 0 Å². The van der Waals surface area contributed by atoms with Gasteiger partial charge in [-0.2, -0.15) is 0 Å². The number of pyridine rings is 1. The van der Waals surface area contributed by atoms with Crippen molar-refractivity contribution in [1.82, 2.24) is 4.98 Å². The minimum Gasteiger partial charge on any atom is -0.384 e. The summed E-state index contributed by atoms with van der Waals surface area (Å²) in [5.41, 5.74) is 7.27. The molecule has 0 unspecified atom stereocenters. The summed E-state index contributed by atoms with van der Waals surface area (Å²) in [6.07, 6.45) is 1.64. The fourth-order valence-electron chi connectivity index (χ4n) is 1.27. The fraction of sp³-hybridized carbons (Fsp3) is 0. The van der Waals surface area contributed by atoms with Crippen LogP contribution in [-0.4, -0.2) is 4.98 Å². The summed E-state index contributed by atoms with van der Waals surface area (Å²) < 4.78 is 0.942. The average Bonchev–Trinajstić information content (AvgIpc) is 2.22. The molecular weight excluding hydrogens is 289 g/mol. The van der Waals surface area contributed by atoms with Crippen molar-refractivity contribution >= 4 is 44.7 Å². The number of hydrogen-bond donors (Lipinski definition) is 2. The SMILES string of the molecule is Nc1cc(Nc2ccc(Br)cc2Cl)ccn1. The van der Waals surface area contributed by atoms with Crippen LogP contribution in [0, 0.1) is 0 Å². The highest BCUT2D eigenvalue weighted by atomic mass is 79.9. The zero-order valence-corrected chi connectivity index (χ0v) is 10.6. The number of halogens is 2. The third-order valence-corrected chi connectivity index (χ3v) is 2.80. The number of aromatic nitrogens is 1. The van der Waals surface area contributed by atoms with Crippen molar-refractivity contribution in [2.24, 2.45) is 0 Å². The summed E-state index contributed by atoms with van der Waals surface area (Å²) in [4.78, 5) is 3.92. The Hall–Kier alpha value is -1.26. The highest BCUT2D eigenvalue weighted by Gasteiger charge is 2.01. The Kier molecular flexibility index (Phi) is 3.31. The summed E-state index contributed by atoms with van der Waals surface area (Å²) in [7, 11) is 0. The van der Waals surface area contributed by atoms with Crippen molar-refractivity contribution < 1.29 is 0 Å². The number of nitrogens with zero attached hydrogens (tertiary/aromatic N) is 1. The van der Waals surface area contributed by atoms with Crippen LogP contribution in [0.15, 0.2) is 41.0 Å². The molecule has 0 saturated heterocycles. The fourth-order valence-corrected chi connectivity index (χ4v) is 1.99. The van der Waals surface area contributed by atoms with Crippen LogP contribution < -0.4 is 11.1 Å². The van der Waals surface area contributed by atoms with E-state index < -0.39 is 0 Å². The van der Waals surface area contributed by atoms with E-state index in [1.54, 1.807) is 12.3 Å². The van der Waals surface area contributed by atoms with Crippen molar-refractivity contribution in [3.8, 4) is 0 Å². The molecule has 2 aromatic rings. The van der Waals surface area contributed by atoms with Gasteiger partial charge in [-0.3, -0.25) is 0 Å². The Morgan fingerprint density at radius 2 is 2.06 bits per heavy atom. The lowest BCUT2D eigenvalue weighted by Gasteiger charge is -2.08. The second kappa shape index (κ2) is 4.72. The molecule has 0 bridgehead atoms. The molecule has 0 aliphatic rings. The molecule has 0 spiro atoms. The molecule has 0 aliphatic carbocycles. The number of anilines is 3. The first-order valence-electron chi connectivity index (χ1n) is 4.59. The standard InChI is InChI=1S/C11H9BrClN3/c12-7-1-2-10(9(13)5-7)16-8-3-4-15-11(14)6-8/h1-6H,(H3,14,15,16). The highest BCUT2D eigenvalue weighted by molar-refractivity contribution is 9.10. The molecule has 0 fully saturated rings. The molecule has 0 radical (unpaired) electrons. The van der Waals surface area contributed by atoms with E-state index in [1.807, 2.05) is 24.3 Å². The minimum atomic E-state index is 0.471. The van der Waals surface area contributed by atoms with Crippen LogP contribution in [0.1, 0.15) is 0 Å². The van der Waals surface area contributed by atoms with Crippen molar-refractivity contribution in [3.63, 3.8) is 0 Å². The van der Waals surface area contributed by atoms with Crippen molar-refractivity contribution in [2.75, 3.05) is 11.1 Å². The smallest absolute Gasteiger partial charge is 0.125 e. The Labute approximate surface area is 107 Å². The van der Waals surface area contributed by atoms with E-state index in [4.69, 9.17) is 17.3 Å². The normalized spacial score (nSPS) is 10.1. The van der Waals surface area contributed by atoms with E-state index in [9.17, 15) is 0 Å². The molecule has 0 saturated carbocycles. The van der Waals surface area contributed by atoms with E-state index in [0.29, 0.717) is 10.8 Å². The van der Waals surface area contributed by atoms with Gasteiger partial charge in [-0.25, -0.2) is 4.98 Å². The summed E-state index contributed by atoms with van der Waals surface area (Å²) in [6, 6.07) is 9.21. The zero-order chi connectivity index (χ0) is 11.5. The van der Waals surface area contributed by atoms with E-state index >= 15 is 0 Å². The van der Waals surface area contributed by atoms with Crippen LogP contribution in [0.5, 0.6) is 0 Å². The maximum absolute atomic E-state index is 6.08. The second-order valence-corrected chi connectivity index (χ2v) is 4.54. The number of nitrogens with two attached hydrogens (primary N) is 1. The van der Waals surface area contributed by atoms with Crippen LogP contribution in [0.3, 0.4) is 0 Å². The van der Waals surface area contributed by atoms with Gasteiger partial charge in [0, 0.05) is 22.4 Å². The molecule has 1 aromatic heterocycles. The Balaban J connectivity index is 2.27. The summed E-state index contributed by atoms with van der Waals surface area (Å²) in [5, 5.41) is 3.81. The lowest BCUT2D eigenvalue weighted by atomic mass is 10.3. The van der Waals surface area contributed by atoms with Gasteiger partial charge >= 0.3 is 0 Å². The first-order valence-corrected chi connectivity index (χ1v) is 5.76. The summed E-state index contributed by atoms with van der Waals surface area (Å²) >= 11 is 9.43. The Bertz CT molecular complexity index is 516. The number of benzene rings is 1. The van der Waals surface area contributed by atoms with Gasteiger partial charge in [-0.15, -0.1) is 0 Å². The van der Waals surface area contributed by atoms with Gasteiger partial charge in [0.15, 0.2) is 0 Å². The van der Waals surface area contributed by atoms with Gasteiger partial charge in [0.25, 0.3) is 0 Å². The minimum absolute atomic E-state index is 0.471. The molecule has 3 N–H and O–H groups in total. The lowest BCUT2D eigenvalue weighted by Crippen LogP contribution is -1.94. The van der Waals surface area contributed by atoms with E-state index in [1.165, 1.54) is 0 Å². The zero-order valence-electron chi connectivity index (χ0n) is 8.24. The molecule has 0 amide bonds. The van der Waals surface area contributed by atoms with Crippen LogP contribution in [0.2, 0.25) is 5.02 Å². The van der Waals surface area contributed by atoms with Gasteiger partial charge in [0.05, 0.1) is 10.7 Å². The van der Waals surface area contributed by atoms with Gasteiger partial charge in [0.1, 0.15) is 5.82 Å². The average molecular weight is 299 g/mol. The van der Waals surface area contributed by atoms with E-state index in [0.717, 1.165) is 15.8 Å². The molecule has 1 aromatic carbocycles. The van der Waals surface area contributed by atoms with Crippen LogP contribution in [0.25, 0.3) is 0 Å². The van der Waals surface area contributed by atoms with Crippen molar-refractivity contribution in [3.05, 3.63) is 46.0 Å². The molecule has 5 heteroatoms. The largest absolute Gasteiger partial charge is 0.384 e. The Morgan fingerprint density at radius 1 is 1.25 bits per heavy atom. The first-order chi connectivity index (χ1) is 7.65. The van der Waals surface area contributed by atoms with Gasteiger partial charge < -0.3 is 11.1 Å². The molecule has 16 heavy (non-hydrogen) atoms. The molecule has 82 valence electrons. The summed E-state index contributed by atoms with van der Waals surface area (Å²) in [6.45, 7) is 0. The first kappa shape index (κ1) is 11.2. The highest BCUT2D eigenvalue weighted by Crippen LogP contribution is 2.28. The lowest BCUT2D eigenvalue weighted by molar-refractivity contribution is 1.33. The quantitative estimate of drug-likeness (QED) is 0.886.